The van der Waals surface area contributed by atoms with E-state index in [0.29, 0.717) is 0 Å². The molecule has 1 aliphatic heterocycles. The van der Waals surface area contributed by atoms with Crippen LogP contribution in [0.4, 0.5) is 0 Å². The molecule has 2 nitrogen and oxygen atoms in total. The van der Waals surface area contributed by atoms with Gasteiger partial charge in [-0.2, -0.15) is 5.26 Å². The second-order valence-electron chi connectivity index (χ2n) is 7.50. The molecule has 0 unspecified atom stereocenters. The van der Waals surface area contributed by atoms with Gasteiger partial charge in [0.15, 0.2) is 0 Å². The number of hydrogen-bond donors (Lipinski definition) is 0. The van der Waals surface area contributed by atoms with Crippen LogP contribution in [0.3, 0.4) is 0 Å². The van der Waals surface area contributed by atoms with E-state index in [1.165, 1.54) is 71.0 Å². The molecule has 2 rings (SSSR count). The molecule has 1 heterocycles. The Morgan fingerprint density at radius 1 is 1.05 bits per heavy atom. The fraction of sp³-hybridized carbons (Fsp3) is 0.941. The van der Waals surface area contributed by atoms with Crippen LogP contribution < -0.4 is 0 Å². The minimum Gasteiger partial charge on any atom is -0.303 e. The first-order valence-corrected chi connectivity index (χ1v) is 8.19. The van der Waals surface area contributed by atoms with Crippen LogP contribution >= 0.6 is 0 Å². The molecule has 0 bridgehead atoms. The van der Waals surface area contributed by atoms with Crippen molar-refractivity contribution in [2.45, 2.75) is 71.6 Å². The van der Waals surface area contributed by atoms with Gasteiger partial charge in [0.25, 0.3) is 0 Å². The van der Waals surface area contributed by atoms with Gasteiger partial charge in [0.2, 0.25) is 0 Å². The normalized spacial score (nSPS) is 23.6. The van der Waals surface area contributed by atoms with Crippen LogP contribution in [0.15, 0.2) is 0 Å². The van der Waals surface area contributed by atoms with Crippen LogP contribution in [0.5, 0.6) is 0 Å². The van der Waals surface area contributed by atoms with Gasteiger partial charge in [-0.05, 0) is 77.4 Å². The van der Waals surface area contributed by atoms with E-state index in [4.69, 9.17) is 5.26 Å². The molecule has 108 valence electrons. The van der Waals surface area contributed by atoms with Crippen molar-refractivity contribution in [3.63, 3.8) is 0 Å². The fourth-order valence-electron chi connectivity index (χ4n) is 3.83. The summed E-state index contributed by atoms with van der Waals surface area (Å²) in [5, 5.41) is 9.00. The van der Waals surface area contributed by atoms with Crippen LogP contribution in [0.2, 0.25) is 0 Å². The number of hydrogen-bond acceptors (Lipinski definition) is 2. The van der Waals surface area contributed by atoms with Gasteiger partial charge in [0.1, 0.15) is 0 Å². The van der Waals surface area contributed by atoms with Gasteiger partial charge in [0.05, 0.1) is 11.5 Å². The quantitative estimate of drug-likeness (QED) is 0.688. The molecule has 1 saturated heterocycles. The summed E-state index contributed by atoms with van der Waals surface area (Å²) in [5.74, 6) is 0. The second kappa shape index (κ2) is 6.27. The Morgan fingerprint density at radius 2 is 1.68 bits per heavy atom. The van der Waals surface area contributed by atoms with Crippen LogP contribution in [0.25, 0.3) is 0 Å². The Balaban J connectivity index is 1.60. The third-order valence-corrected chi connectivity index (χ3v) is 5.41. The van der Waals surface area contributed by atoms with Gasteiger partial charge in [-0.3, -0.25) is 0 Å². The third kappa shape index (κ3) is 4.21. The molecule has 2 fully saturated rings. The topological polar surface area (TPSA) is 27.0 Å². The molecule has 0 aromatic carbocycles. The molecule has 2 heteroatoms. The zero-order chi connectivity index (χ0) is 13.8. The summed E-state index contributed by atoms with van der Waals surface area (Å²) in [4.78, 5) is 2.66. The lowest BCUT2D eigenvalue weighted by molar-refractivity contribution is 0.107. The lowest BCUT2D eigenvalue weighted by Gasteiger charge is -2.39. The van der Waals surface area contributed by atoms with Crippen LogP contribution in [0.1, 0.15) is 71.6 Å². The smallest absolute Gasteiger partial charge is 0.0683 e. The van der Waals surface area contributed by atoms with Gasteiger partial charge in [0, 0.05) is 0 Å². The molecule has 0 aromatic heterocycles. The van der Waals surface area contributed by atoms with Crippen molar-refractivity contribution in [3.8, 4) is 6.07 Å². The summed E-state index contributed by atoms with van der Waals surface area (Å²) >= 11 is 0. The number of nitrogens with zero attached hydrogens (tertiary/aromatic N) is 2. The van der Waals surface area contributed by atoms with Crippen molar-refractivity contribution in [1.29, 1.82) is 5.26 Å². The zero-order valence-electron chi connectivity index (χ0n) is 12.9. The summed E-state index contributed by atoms with van der Waals surface area (Å²) in [6.07, 6.45) is 12.3. The minimum absolute atomic E-state index is 0.129. The summed E-state index contributed by atoms with van der Waals surface area (Å²) < 4.78 is 0. The third-order valence-electron chi connectivity index (χ3n) is 5.41. The van der Waals surface area contributed by atoms with E-state index < -0.39 is 0 Å². The van der Waals surface area contributed by atoms with Gasteiger partial charge < -0.3 is 4.90 Å². The van der Waals surface area contributed by atoms with E-state index in [-0.39, 0.29) is 5.41 Å². The van der Waals surface area contributed by atoms with Crippen molar-refractivity contribution < 1.29 is 0 Å². The maximum absolute atomic E-state index is 9.00. The number of piperidine rings is 1. The highest BCUT2D eigenvalue weighted by atomic mass is 15.1. The molecule has 1 spiro atoms. The lowest BCUT2D eigenvalue weighted by atomic mass is 9.77. The van der Waals surface area contributed by atoms with Crippen LogP contribution in [0, 0.1) is 22.2 Å². The largest absolute Gasteiger partial charge is 0.303 e. The second-order valence-corrected chi connectivity index (χ2v) is 7.50. The summed E-state index contributed by atoms with van der Waals surface area (Å²) in [6.45, 7) is 8.00. The molecular formula is C17H30N2. The Hall–Kier alpha value is -0.550. The van der Waals surface area contributed by atoms with E-state index in [2.05, 4.69) is 24.8 Å². The highest BCUT2D eigenvalue weighted by molar-refractivity contribution is 4.92. The Labute approximate surface area is 119 Å². The first kappa shape index (κ1) is 14.9. The van der Waals surface area contributed by atoms with Crippen molar-refractivity contribution in [1.82, 2.24) is 4.90 Å². The summed E-state index contributed by atoms with van der Waals surface area (Å²) in [7, 11) is 0. The van der Waals surface area contributed by atoms with Crippen molar-refractivity contribution in [2.24, 2.45) is 10.8 Å². The van der Waals surface area contributed by atoms with E-state index >= 15 is 0 Å². The lowest BCUT2D eigenvalue weighted by Crippen LogP contribution is -2.39. The average molecular weight is 262 g/mol. The number of likely N-dealkylation sites (tertiary alicyclic amines) is 1. The number of nitriles is 1. The van der Waals surface area contributed by atoms with E-state index in [1.54, 1.807) is 0 Å². The number of rotatable bonds is 5. The maximum atomic E-state index is 9.00. The highest BCUT2D eigenvalue weighted by Gasteiger charge is 2.36. The Bertz CT molecular complexity index is 311. The standard InChI is InChI=1S/C17H30N2/c1-16(2,15-18)7-5-6-12-19-13-10-17(11-14-19)8-3-4-9-17/h3-14H2,1-2H3. The Kier molecular flexibility index (Phi) is 4.90. The predicted octanol–water partition coefficient (Wildman–Crippen LogP) is 4.36. The molecule has 1 saturated carbocycles. The van der Waals surface area contributed by atoms with E-state index in [0.717, 1.165) is 11.8 Å². The molecule has 0 atom stereocenters. The van der Waals surface area contributed by atoms with Crippen molar-refractivity contribution >= 4 is 0 Å². The molecule has 0 amide bonds. The first-order valence-electron chi connectivity index (χ1n) is 8.19. The summed E-state index contributed by atoms with van der Waals surface area (Å²) in [5.41, 5.74) is 0.620. The monoisotopic (exact) mass is 262 g/mol. The number of unbranched alkanes of at least 4 members (excludes halogenated alkanes) is 1. The van der Waals surface area contributed by atoms with Gasteiger partial charge in [-0.1, -0.05) is 19.3 Å². The van der Waals surface area contributed by atoms with Gasteiger partial charge in [-0.25, -0.2) is 0 Å². The zero-order valence-corrected chi connectivity index (χ0v) is 12.9. The van der Waals surface area contributed by atoms with Crippen molar-refractivity contribution in [3.05, 3.63) is 0 Å². The van der Waals surface area contributed by atoms with E-state index in [1.807, 2.05) is 0 Å². The van der Waals surface area contributed by atoms with Crippen LogP contribution in [-0.4, -0.2) is 24.5 Å². The van der Waals surface area contributed by atoms with Gasteiger partial charge >= 0.3 is 0 Å². The maximum Gasteiger partial charge on any atom is 0.0683 e. The fourth-order valence-corrected chi connectivity index (χ4v) is 3.83. The molecule has 19 heavy (non-hydrogen) atoms. The molecule has 2 aliphatic rings. The molecule has 0 aromatic rings. The van der Waals surface area contributed by atoms with Crippen molar-refractivity contribution in [2.75, 3.05) is 19.6 Å². The predicted molar refractivity (Wildman–Crippen MR) is 79.8 cm³/mol. The molecule has 0 radical (unpaired) electrons. The van der Waals surface area contributed by atoms with Crippen LogP contribution in [-0.2, 0) is 0 Å². The molecule has 0 N–H and O–H groups in total. The highest BCUT2D eigenvalue weighted by Crippen LogP contribution is 2.46. The minimum atomic E-state index is -0.129. The SMILES string of the molecule is CC(C)(C#N)CCCCN1CCC2(CCCC2)CC1. The Morgan fingerprint density at radius 3 is 2.26 bits per heavy atom. The average Bonchev–Trinajstić information content (AvgIpc) is 2.85. The summed E-state index contributed by atoms with van der Waals surface area (Å²) in [6, 6.07) is 2.40. The molecular weight excluding hydrogens is 232 g/mol. The van der Waals surface area contributed by atoms with Gasteiger partial charge in [-0.15, -0.1) is 0 Å². The first-order chi connectivity index (χ1) is 9.05. The van der Waals surface area contributed by atoms with E-state index in [9.17, 15) is 0 Å². The molecule has 1 aliphatic carbocycles.